The molecule has 2 rings (SSSR count). The van der Waals surface area contributed by atoms with Gasteiger partial charge in [0.15, 0.2) is 0 Å². The molecule has 0 saturated heterocycles. The van der Waals surface area contributed by atoms with E-state index >= 15 is 0 Å². The van der Waals surface area contributed by atoms with Crippen LogP contribution in [-0.2, 0) is 0 Å². The Kier molecular flexibility index (Phi) is 3.06. The highest BCUT2D eigenvalue weighted by atomic mass is 35.5. The number of furan rings is 1. The second kappa shape index (κ2) is 4.51. The molecule has 0 radical (unpaired) electrons. The fourth-order valence-corrected chi connectivity index (χ4v) is 1.70. The van der Waals surface area contributed by atoms with Crippen molar-refractivity contribution in [2.75, 3.05) is 11.1 Å². The molecule has 0 aliphatic rings. The van der Waals surface area contributed by atoms with Crippen LogP contribution in [0.15, 0.2) is 34.9 Å². The summed E-state index contributed by atoms with van der Waals surface area (Å²) >= 11 is 5.96. The molecule has 3 N–H and O–H groups in total. The molecule has 88 valence electrons. The Morgan fingerprint density at radius 3 is 2.76 bits per heavy atom. The number of amides is 1. The number of hydrogen-bond donors (Lipinski definition) is 2. The fraction of sp³-hybridized carbons (Fsp3) is 0.0833. The van der Waals surface area contributed by atoms with E-state index in [4.69, 9.17) is 21.8 Å². The van der Waals surface area contributed by atoms with E-state index in [0.717, 1.165) is 0 Å². The van der Waals surface area contributed by atoms with E-state index < -0.39 is 0 Å². The van der Waals surface area contributed by atoms with Crippen LogP contribution in [0, 0.1) is 6.92 Å². The zero-order chi connectivity index (χ0) is 12.4. The lowest BCUT2D eigenvalue weighted by Gasteiger charge is -2.09. The summed E-state index contributed by atoms with van der Waals surface area (Å²) in [6, 6.07) is 6.65. The number of hydrogen-bond acceptors (Lipinski definition) is 3. The topological polar surface area (TPSA) is 68.3 Å². The SMILES string of the molecule is Cc1occc1C(=O)Nc1c(N)cccc1Cl. The first-order chi connectivity index (χ1) is 8.09. The lowest BCUT2D eigenvalue weighted by atomic mass is 10.2. The molecule has 2 aromatic rings. The molecule has 0 saturated carbocycles. The largest absolute Gasteiger partial charge is 0.469 e. The summed E-state index contributed by atoms with van der Waals surface area (Å²) in [6.07, 6.45) is 1.46. The number of carbonyl (C=O) groups excluding carboxylic acids is 1. The standard InChI is InChI=1S/C12H11ClN2O2/c1-7-8(5-6-17-7)12(16)15-11-9(13)3-2-4-10(11)14/h2-6H,14H2,1H3,(H,15,16). The molecule has 1 amide bonds. The van der Waals surface area contributed by atoms with E-state index in [1.165, 1.54) is 6.26 Å². The van der Waals surface area contributed by atoms with E-state index in [0.29, 0.717) is 27.7 Å². The van der Waals surface area contributed by atoms with E-state index in [1.807, 2.05) is 0 Å². The van der Waals surface area contributed by atoms with E-state index in [2.05, 4.69) is 5.32 Å². The highest BCUT2D eigenvalue weighted by Gasteiger charge is 2.14. The maximum Gasteiger partial charge on any atom is 0.259 e. The first-order valence-corrected chi connectivity index (χ1v) is 5.37. The van der Waals surface area contributed by atoms with Crippen LogP contribution in [0.5, 0.6) is 0 Å². The Hall–Kier alpha value is -1.94. The maximum absolute atomic E-state index is 11.9. The molecule has 5 heteroatoms. The average Bonchev–Trinajstić information content (AvgIpc) is 2.70. The summed E-state index contributed by atoms with van der Waals surface area (Å²) in [6.45, 7) is 1.71. The lowest BCUT2D eigenvalue weighted by Crippen LogP contribution is -2.13. The summed E-state index contributed by atoms with van der Waals surface area (Å²) in [4.78, 5) is 11.9. The van der Waals surface area contributed by atoms with Crippen molar-refractivity contribution < 1.29 is 9.21 Å². The van der Waals surface area contributed by atoms with Crippen molar-refractivity contribution in [2.45, 2.75) is 6.92 Å². The number of nitrogens with one attached hydrogen (secondary N) is 1. The molecule has 0 atom stereocenters. The van der Waals surface area contributed by atoms with Gasteiger partial charge in [-0.25, -0.2) is 0 Å². The summed E-state index contributed by atoms with van der Waals surface area (Å²) in [5.41, 5.74) is 7.04. The van der Waals surface area contributed by atoms with E-state index in [9.17, 15) is 4.79 Å². The first-order valence-electron chi connectivity index (χ1n) is 4.99. The lowest BCUT2D eigenvalue weighted by molar-refractivity contribution is 0.102. The number of rotatable bonds is 2. The Labute approximate surface area is 103 Å². The summed E-state index contributed by atoms with van der Waals surface area (Å²) in [5, 5.41) is 3.07. The van der Waals surface area contributed by atoms with Gasteiger partial charge in [0.1, 0.15) is 5.76 Å². The first kappa shape index (κ1) is 11.5. The summed E-state index contributed by atoms with van der Waals surface area (Å²) < 4.78 is 5.06. The van der Waals surface area contributed by atoms with Crippen molar-refractivity contribution in [1.29, 1.82) is 0 Å². The molecule has 0 spiro atoms. The summed E-state index contributed by atoms with van der Waals surface area (Å²) in [7, 11) is 0. The zero-order valence-corrected chi connectivity index (χ0v) is 9.91. The minimum Gasteiger partial charge on any atom is -0.469 e. The molecule has 0 aliphatic heterocycles. The van der Waals surface area contributed by atoms with Crippen molar-refractivity contribution in [3.63, 3.8) is 0 Å². The fourth-order valence-electron chi connectivity index (χ4n) is 1.47. The smallest absolute Gasteiger partial charge is 0.259 e. The quantitative estimate of drug-likeness (QED) is 0.805. The van der Waals surface area contributed by atoms with Crippen LogP contribution in [0.4, 0.5) is 11.4 Å². The molecular weight excluding hydrogens is 240 g/mol. The molecule has 0 bridgehead atoms. The van der Waals surface area contributed by atoms with E-state index in [-0.39, 0.29) is 5.91 Å². The molecule has 1 heterocycles. The Balaban J connectivity index is 2.28. The maximum atomic E-state index is 11.9. The Bertz CT molecular complexity index is 543. The van der Waals surface area contributed by atoms with Gasteiger partial charge < -0.3 is 15.5 Å². The number of benzene rings is 1. The molecule has 0 fully saturated rings. The second-order valence-electron chi connectivity index (χ2n) is 3.55. The van der Waals surface area contributed by atoms with Gasteiger partial charge in [0.25, 0.3) is 5.91 Å². The van der Waals surface area contributed by atoms with Gasteiger partial charge in [-0.15, -0.1) is 0 Å². The third kappa shape index (κ3) is 2.26. The number of carbonyl (C=O) groups is 1. The van der Waals surface area contributed by atoms with Gasteiger partial charge in [0, 0.05) is 0 Å². The minimum absolute atomic E-state index is 0.295. The van der Waals surface area contributed by atoms with Gasteiger partial charge in [0.05, 0.1) is 28.2 Å². The zero-order valence-electron chi connectivity index (χ0n) is 9.16. The van der Waals surface area contributed by atoms with Crippen molar-refractivity contribution in [1.82, 2.24) is 0 Å². The Morgan fingerprint density at radius 2 is 2.18 bits per heavy atom. The molecular formula is C12H11ClN2O2. The minimum atomic E-state index is -0.295. The van der Waals surface area contributed by atoms with Gasteiger partial charge in [-0.2, -0.15) is 0 Å². The second-order valence-corrected chi connectivity index (χ2v) is 3.96. The predicted octanol–water partition coefficient (Wildman–Crippen LogP) is 3.08. The number of nitrogen functional groups attached to an aromatic ring is 1. The molecule has 1 aromatic carbocycles. The van der Waals surface area contributed by atoms with Crippen LogP contribution in [0.1, 0.15) is 16.1 Å². The van der Waals surface area contributed by atoms with Crippen molar-refractivity contribution in [3.05, 3.63) is 46.9 Å². The molecule has 4 nitrogen and oxygen atoms in total. The van der Waals surface area contributed by atoms with Crippen molar-refractivity contribution in [3.8, 4) is 0 Å². The molecule has 0 unspecified atom stereocenters. The molecule has 0 aliphatic carbocycles. The van der Waals surface area contributed by atoms with Crippen LogP contribution in [0.2, 0.25) is 5.02 Å². The van der Waals surface area contributed by atoms with Crippen LogP contribution >= 0.6 is 11.6 Å². The summed E-state index contributed by atoms with van der Waals surface area (Å²) in [5.74, 6) is 0.254. The van der Waals surface area contributed by atoms with Crippen LogP contribution < -0.4 is 11.1 Å². The number of anilines is 2. The Morgan fingerprint density at radius 1 is 1.41 bits per heavy atom. The van der Waals surface area contributed by atoms with Crippen molar-refractivity contribution in [2.24, 2.45) is 0 Å². The van der Waals surface area contributed by atoms with Gasteiger partial charge in [-0.1, -0.05) is 17.7 Å². The third-order valence-corrected chi connectivity index (χ3v) is 2.70. The van der Waals surface area contributed by atoms with Gasteiger partial charge in [-0.05, 0) is 25.1 Å². The monoisotopic (exact) mass is 250 g/mol. The van der Waals surface area contributed by atoms with Gasteiger partial charge >= 0.3 is 0 Å². The van der Waals surface area contributed by atoms with Crippen molar-refractivity contribution >= 4 is 28.9 Å². The molecule has 1 aromatic heterocycles. The molecule has 17 heavy (non-hydrogen) atoms. The van der Waals surface area contributed by atoms with Crippen LogP contribution in [-0.4, -0.2) is 5.91 Å². The van der Waals surface area contributed by atoms with Crippen LogP contribution in [0.3, 0.4) is 0 Å². The third-order valence-electron chi connectivity index (χ3n) is 2.39. The predicted molar refractivity (Wildman–Crippen MR) is 67.3 cm³/mol. The van der Waals surface area contributed by atoms with E-state index in [1.54, 1.807) is 31.2 Å². The normalized spacial score (nSPS) is 10.2. The van der Waals surface area contributed by atoms with Gasteiger partial charge in [0.2, 0.25) is 0 Å². The number of para-hydroxylation sites is 1. The number of nitrogens with two attached hydrogens (primary N) is 1. The number of halogens is 1. The van der Waals surface area contributed by atoms with Crippen LogP contribution in [0.25, 0.3) is 0 Å². The van der Waals surface area contributed by atoms with Gasteiger partial charge in [-0.3, -0.25) is 4.79 Å². The highest BCUT2D eigenvalue weighted by molar-refractivity contribution is 6.34. The highest BCUT2D eigenvalue weighted by Crippen LogP contribution is 2.28. The number of aryl methyl sites for hydroxylation is 1. The average molecular weight is 251 g/mol.